The third-order valence-electron chi connectivity index (χ3n) is 3.33. The zero-order chi connectivity index (χ0) is 13.6. The standard InChI is InChI=1S/C15H30N2S/c1-3-17(14-15(2)13-16)11-9-7-5-4-6-8-10-12-18/h15,18H,3-12,14H2,1-2H3. The van der Waals surface area contributed by atoms with Crippen LogP contribution >= 0.6 is 12.6 Å². The Bertz CT molecular complexity index is 213. The second kappa shape index (κ2) is 13.2. The van der Waals surface area contributed by atoms with Crippen molar-refractivity contribution in [1.29, 1.82) is 5.26 Å². The van der Waals surface area contributed by atoms with E-state index in [2.05, 4.69) is 30.5 Å². The van der Waals surface area contributed by atoms with E-state index in [9.17, 15) is 0 Å². The normalized spacial score (nSPS) is 12.6. The smallest absolute Gasteiger partial charge is 0.0666 e. The maximum absolute atomic E-state index is 8.81. The van der Waals surface area contributed by atoms with Crippen LogP contribution in [0.4, 0.5) is 0 Å². The minimum atomic E-state index is 0.159. The molecule has 0 aliphatic carbocycles. The monoisotopic (exact) mass is 270 g/mol. The summed E-state index contributed by atoms with van der Waals surface area (Å²) in [4.78, 5) is 2.40. The van der Waals surface area contributed by atoms with Gasteiger partial charge in [-0.3, -0.25) is 0 Å². The van der Waals surface area contributed by atoms with E-state index in [1.165, 1.54) is 44.9 Å². The van der Waals surface area contributed by atoms with Gasteiger partial charge in [0.2, 0.25) is 0 Å². The Labute approximate surface area is 119 Å². The number of hydrogen-bond donors (Lipinski definition) is 1. The van der Waals surface area contributed by atoms with Gasteiger partial charge in [-0.15, -0.1) is 0 Å². The minimum Gasteiger partial charge on any atom is -0.302 e. The summed E-state index contributed by atoms with van der Waals surface area (Å²) >= 11 is 4.22. The molecule has 1 atom stereocenters. The zero-order valence-corrected chi connectivity index (χ0v) is 13.1. The molecule has 0 N–H and O–H groups in total. The lowest BCUT2D eigenvalue weighted by Gasteiger charge is -2.21. The first kappa shape index (κ1) is 17.8. The van der Waals surface area contributed by atoms with Crippen LogP contribution in [0, 0.1) is 17.2 Å². The summed E-state index contributed by atoms with van der Waals surface area (Å²) in [6.45, 7) is 7.33. The summed E-state index contributed by atoms with van der Waals surface area (Å²) < 4.78 is 0. The van der Waals surface area contributed by atoms with Crippen molar-refractivity contribution < 1.29 is 0 Å². The molecule has 0 radical (unpaired) electrons. The van der Waals surface area contributed by atoms with Crippen molar-refractivity contribution in [2.45, 2.75) is 58.8 Å². The molecule has 0 spiro atoms. The Morgan fingerprint density at radius 1 is 1.06 bits per heavy atom. The quantitative estimate of drug-likeness (QED) is 0.426. The fourth-order valence-corrected chi connectivity index (χ4v) is 2.36. The highest BCUT2D eigenvalue weighted by atomic mass is 32.1. The molecule has 0 fully saturated rings. The SMILES string of the molecule is CCN(CCCCCCCCCS)CC(C)C#N. The van der Waals surface area contributed by atoms with Gasteiger partial charge in [-0.05, 0) is 38.6 Å². The third kappa shape index (κ3) is 10.9. The molecule has 3 heteroatoms. The predicted octanol–water partition coefficient (Wildman–Crippen LogP) is 4.13. The van der Waals surface area contributed by atoms with Crippen LogP contribution in [-0.4, -0.2) is 30.3 Å². The summed E-state index contributed by atoms with van der Waals surface area (Å²) in [6, 6.07) is 2.31. The average Bonchev–Trinajstić information content (AvgIpc) is 2.40. The average molecular weight is 270 g/mol. The van der Waals surface area contributed by atoms with E-state index in [1.54, 1.807) is 0 Å². The Kier molecular flexibility index (Phi) is 13.1. The number of nitrogens with zero attached hydrogens (tertiary/aromatic N) is 2. The van der Waals surface area contributed by atoms with Crippen molar-refractivity contribution in [2.24, 2.45) is 5.92 Å². The van der Waals surface area contributed by atoms with Gasteiger partial charge in [0.05, 0.1) is 12.0 Å². The second-order valence-corrected chi connectivity index (χ2v) is 5.57. The largest absolute Gasteiger partial charge is 0.302 e. The molecule has 1 unspecified atom stereocenters. The highest BCUT2D eigenvalue weighted by molar-refractivity contribution is 7.80. The van der Waals surface area contributed by atoms with E-state index >= 15 is 0 Å². The van der Waals surface area contributed by atoms with Crippen LogP contribution in [0.5, 0.6) is 0 Å². The summed E-state index contributed by atoms with van der Waals surface area (Å²) in [5.41, 5.74) is 0. The lowest BCUT2D eigenvalue weighted by Crippen LogP contribution is -2.29. The molecular formula is C15H30N2S. The maximum Gasteiger partial charge on any atom is 0.0666 e. The molecule has 2 nitrogen and oxygen atoms in total. The zero-order valence-electron chi connectivity index (χ0n) is 12.2. The van der Waals surface area contributed by atoms with Gasteiger partial charge in [0, 0.05) is 6.54 Å². The number of nitriles is 1. The first-order chi connectivity index (χ1) is 8.74. The van der Waals surface area contributed by atoms with Crippen molar-refractivity contribution in [1.82, 2.24) is 4.90 Å². The first-order valence-electron chi connectivity index (χ1n) is 7.47. The molecule has 0 saturated heterocycles. The third-order valence-corrected chi connectivity index (χ3v) is 3.65. The van der Waals surface area contributed by atoms with E-state index in [0.29, 0.717) is 0 Å². The number of hydrogen-bond acceptors (Lipinski definition) is 3. The summed E-state index contributed by atoms with van der Waals surface area (Å²) in [5.74, 6) is 1.19. The van der Waals surface area contributed by atoms with Gasteiger partial charge >= 0.3 is 0 Å². The highest BCUT2D eigenvalue weighted by Crippen LogP contribution is 2.09. The molecule has 0 aromatic carbocycles. The molecule has 0 aliphatic heterocycles. The highest BCUT2D eigenvalue weighted by Gasteiger charge is 2.06. The number of thiol groups is 1. The molecule has 0 aromatic heterocycles. The lowest BCUT2D eigenvalue weighted by atomic mass is 10.1. The van der Waals surface area contributed by atoms with Crippen LogP contribution in [0.3, 0.4) is 0 Å². The summed E-state index contributed by atoms with van der Waals surface area (Å²) in [5, 5.41) is 8.81. The van der Waals surface area contributed by atoms with Crippen molar-refractivity contribution in [3.8, 4) is 6.07 Å². The van der Waals surface area contributed by atoms with Crippen LogP contribution < -0.4 is 0 Å². The van der Waals surface area contributed by atoms with E-state index in [1.807, 2.05) is 6.92 Å². The fraction of sp³-hybridized carbons (Fsp3) is 0.933. The predicted molar refractivity (Wildman–Crippen MR) is 83.1 cm³/mol. The van der Waals surface area contributed by atoms with Crippen LogP contribution in [0.1, 0.15) is 58.8 Å². The van der Waals surface area contributed by atoms with Crippen molar-refractivity contribution >= 4 is 12.6 Å². The molecule has 18 heavy (non-hydrogen) atoms. The van der Waals surface area contributed by atoms with E-state index in [-0.39, 0.29) is 5.92 Å². The molecule has 0 saturated carbocycles. The van der Waals surface area contributed by atoms with Crippen molar-refractivity contribution in [3.05, 3.63) is 0 Å². The fourth-order valence-electron chi connectivity index (χ4n) is 2.14. The minimum absolute atomic E-state index is 0.159. The molecule has 0 aromatic rings. The summed E-state index contributed by atoms with van der Waals surface area (Å²) in [6.07, 6.45) is 9.30. The summed E-state index contributed by atoms with van der Waals surface area (Å²) in [7, 11) is 0. The van der Waals surface area contributed by atoms with Gasteiger partial charge in [0.15, 0.2) is 0 Å². The van der Waals surface area contributed by atoms with Gasteiger partial charge in [-0.1, -0.05) is 39.0 Å². The van der Waals surface area contributed by atoms with Crippen LogP contribution in [0.2, 0.25) is 0 Å². The Balaban J connectivity index is 3.37. The number of rotatable bonds is 12. The van der Waals surface area contributed by atoms with Crippen molar-refractivity contribution in [2.75, 3.05) is 25.4 Å². The molecule has 0 bridgehead atoms. The Morgan fingerprint density at radius 3 is 2.11 bits per heavy atom. The van der Waals surface area contributed by atoms with Gasteiger partial charge in [0.1, 0.15) is 0 Å². The van der Waals surface area contributed by atoms with E-state index in [4.69, 9.17) is 5.26 Å². The van der Waals surface area contributed by atoms with Gasteiger partial charge in [0.25, 0.3) is 0 Å². The molecule has 0 heterocycles. The molecular weight excluding hydrogens is 240 g/mol. The van der Waals surface area contributed by atoms with Gasteiger partial charge in [-0.25, -0.2) is 0 Å². The van der Waals surface area contributed by atoms with E-state index in [0.717, 1.165) is 25.4 Å². The first-order valence-corrected chi connectivity index (χ1v) is 8.10. The molecule has 0 amide bonds. The van der Waals surface area contributed by atoms with Crippen LogP contribution in [-0.2, 0) is 0 Å². The maximum atomic E-state index is 8.81. The topological polar surface area (TPSA) is 27.0 Å². The molecule has 106 valence electrons. The second-order valence-electron chi connectivity index (χ2n) is 5.12. The lowest BCUT2D eigenvalue weighted by molar-refractivity contribution is 0.262. The van der Waals surface area contributed by atoms with E-state index < -0.39 is 0 Å². The Morgan fingerprint density at radius 2 is 1.61 bits per heavy atom. The van der Waals surface area contributed by atoms with Crippen LogP contribution in [0.15, 0.2) is 0 Å². The molecule has 0 aliphatic rings. The van der Waals surface area contributed by atoms with Crippen molar-refractivity contribution in [3.63, 3.8) is 0 Å². The van der Waals surface area contributed by atoms with Crippen LogP contribution in [0.25, 0.3) is 0 Å². The molecule has 0 rings (SSSR count). The Hall–Kier alpha value is -0.200. The van der Waals surface area contributed by atoms with Gasteiger partial charge in [-0.2, -0.15) is 17.9 Å². The number of unbranched alkanes of at least 4 members (excludes halogenated alkanes) is 6. The van der Waals surface area contributed by atoms with Gasteiger partial charge < -0.3 is 4.90 Å².